The highest BCUT2D eigenvalue weighted by Gasteiger charge is 2.58. The summed E-state index contributed by atoms with van der Waals surface area (Å²) in [4.78, 5) is 14.7. The molecule has 2 fully saturated rings. The summed E-state index contributed by atoms with van der Waals surface area (Å²) in [5.41, 5.74) is 6.33. The minimum Gasteiger partial charge on any atom is -0.409 e. The van der Waals surface area contributed by atoms with E-state index >= 15 is 0 Å². The molecule has 2 atom stereocenters. The lowest BCUT2D eigenvalue weighted by Gasteiger charge is -2.39. The first-order valence-corrected chi connectivity index (χ1v) is 9.71. The highest BCUT2D eigenvalue weighted by molar-refractivity contribution is 5.74. The molecule has 3 heterocycles. The van der Waals surface area contributed by atoms with Crippen molar-refractivity contribution in [3.05, 3.63) is 23.3 Å². The molecule has 26 heavy (non-hydrogen) atoms. The molecule has 0 saturated carbocycles. The summed E-state index contributed by atoms with van der Waals surface area (Å²) in [6.45, 7) is 9.50. The van der Waals surface area contributed by atoms with Gasteiger partial charge in [0.05, 0.1) is 5.66 Å². The van der Waals surface area contributed by atoms with E-state index in [4.69, 9.17) is 4.74 Å². The zero-order valence-corrected chi connectivity index (χ0v) is 16.3. The fourth-order valence-electron chi connectivity index (χ4n) is 4.83. The SMILES string of the molecule is Cc1cc(OC(=O)NN2CCCCC2)cc2c1NC1(C)N(C)CC[C@@]21C. The predicted octanol–water partition coefficient (Wildman–Crippen LogP) is 3.22. The lowest BCUT2D eigenvalue weighted by atomic mass is 9.75. The number of amides is 1. The molecule has 4 rings (SSSR count). The van der Waals surface area contributed by atoms with Gasteiger partial charge < -0.3 is 10.1 Å². The van der Waals surface area contributed by atoms with Gasteiger partial charge in [-0.15, -0.1) is 0 Å². The van der Waals surface area contributed by atoms with Crippen molar-refractivity contribution in [1.82, 2.24) is 15.3 Å². The molecule has 142 valence electrons. The van der Waals surface area contributed by atoms with Gasteiger partial charge in [-0.05, 0) is 63.4 Å². The third-order valence-electron chi connectivity index (χ3n) is 6.87. The Morgan fingerprint density at radius 1 is 1.19 bits per heavy atom. The Kier molecular flexibility index (Phi) is 4.15. The smallest absolute Gasteiger partial charge is 0.409 e. The van der Waals surface area contributed by atoms with Crippen LogP contribution in [0.15, 0.2) is 12.1 Å². The molecule has 0 radical (unpaired) electrons. The molecule has 3 aliphatic rings. The largest absolute Gasteiger partial charge is 0.427 e. The number of benzene rings is 1. The average Bonchev–Trinajstić information content (AvgIpc) is 2.96. The van der Waals surface area contributed by atoms with Crippen LogP contribution in [0.4, 0.5) is 10.5 Å². The molecule has 1 unspecified atom stereocenters. The van der Waals surface area contributed by atoms with Gasteiger partial charge >= 0.3 is 6.09 Å². The number of anilines is 1. The maximum Gasteiger partial charge on any atom is 0.427 e. The van der Waals surface area contributed by atoms with Gasteiger partial charge in [0.2, 0.25) is 0 Å². The van der Waals surface area contributed by atoms with Crippen LogP contribution in [0.3, 0.4) is 0 Å². The number of fused-ring (bicyclic) bond motifs is 3. The van der Waals surface area contributed by atoms with Crippen molar-refractivity contribution in [1.29, 1.82) is 0 Å². The standard InChI is InChI=1S/C20H30N4O2/c1-14-12-15(26-18(25)22-24-9-6-5-7-10-24)13-16-17(14)21-20(3)19(16,2)8-11-23(20)4/h12-13,21H,5-11H2,1-4H3,(H,22,25)/t19-,20?/m0/s1. The third-order valence-corrected chi connectivity index (χ3v) is 6.87. The number of rotatable bonds is 2. The van der Waals surface area contributed by atoms with Crippen LogP contribution in [-0.2, 0) is 5.41 Å². The highest BCUT2D eigenvalue weighted by Crippen LogP contribution is 2.55. The van der Waals surface area contributed by atoms with E-state index in [0.29, 0.717) is 5.75 Å². The Balaban J connectivity index is 1.55. The van der Waals surface area contributed by atoms with E-state index in [9.17, 15) is 4.79 Å². The number of hydrazine groups is 1. The van der Waals surface area contributed by atoms with Crippen LogP contribution in [0.2, 0.25) is 0 Å². The Labute approximate surface area is 155 Å². The van der Waals surface area contributed by atoms with Gasteiger partial charge in [0.25, 0.3) is 0 Å². The average molecular weight is 358 g/mol. The van der Waals surface area contributed by atoms with Crippen LogP contribution < -0.4 is 15.5 Å². The number of aryl methyl sites for hydroxylation is 1. The molecule has 6 heteroatoms. The molecule has 1 aromatic rings. The summed E-state index contributed by atoms with van der Waals surface area (Å²) >= 11 is 0. The van der Waals surface area contributed by atoms with Gasteiger partial charge in [-0.3, -0.25) is 10.3 Å². The van der Waals surface area contributed by atoms with E-state index in [-0.39, 0.29) is 11.1 Å². The summed E-state index contributed by atoms with van der Waals surface area (Å²) in [5.74, 6) is 0.623. The van der Waals surface area contributed by atoms with Crippen molar-refractivity contribution in [3.8, 4) is 5.75 Å². The summed E-state index contributed by atoms with van der Waals surface area (Å²) in [7, 11) is 2.17. The van der Waals surface area contributed by atoms with Crippen LogP contribution in [0.5, 0.6) is 5.75 Å². The molecule has 6 nitrogen and oxygen atoms in total. The van der Waals surface area contributed by atoms with Crippen molar-refractivity contribution in [2.24, 2.45) is 0 Å². The second-order valence-corrected chi connectivity index (χ2v) is 8.41. The number of carbonyl (C=O) groups excluding carboxylic acids is 1. The fraction of sp³-hybridized carbons (Fsp3) is 0.650. The van der Waals surface area contributed by atoms with E-state index in [1.807, 2.05) is 11.1 Å². The predicted molar refractivity (Wildman–Crippen MR) is 102 cm³/mol. The molecule has 1 amide bonds. The summed E-state index contributed by atoms with van der Waals surface area (Å²) in [6.07, 6.45) is 4.16. The van der Waals surface area contributed by atoms with E-state index < -0.39 is 6.09 Å². The van der Waals surface area contributed by atoms with Gasteiger partial charge in [0.15, 0.2) is 0 Å². The number of ether oxygens (including phenoxy) is 1. The fourth-order valence-corrected chi connectivity index (χ4v) is 4.83. The van der Waals surface area contributed by atoms with Crippen LogP contribution in [0.1, 0.15) is 50.7 Å². The number of piperidine rings is 1. The topological polar surface area (TPSA) is 56.8 Å². The summed E-state index contributed by atoms with van der Waals surface area (Å²) in [5, 5.41) is 5.70. The van der Waals surface area contributed by atoms with E-state index in [2.05, 4.69) is 49.5 Å². The second kappa shape index (κ2) is 6.13. The van der Waals surface area contributed by atoms with Gasteiger partial charge in [-0.25, -0.2) is 9.80 Å². The zero-order valence-electron chi connectivity index (χ0n) is 16.3. The first kappa shape index (κ1) is 17.6. The molecular formula is C20H30N4O2. The third kappa shape index (κ3) is 2.58. The highest BCUT2D eigenvalue weighted by atomic mass is 16.6. The molecule has 3 aliphatic heterocycles. The van der Waals surface area contributed by atoms with Crippen LogP contribution in [0.25, 0.3) is 0 Å². The van der Waals surface area contributed by atoms with Crippen molar-refractivity contribution in [3.63, 3.8) is 0 Å². The molecule has 2 N–H and O–H groups in total. The lowest BCUT2D eigenvalue weighted by Crippen LogP contribution is -2.52. The summed E-state index contributed by atoms with van der Waals surface area (Å²) < 4.78 is 5.64. The minimum atomic E-state index is -0.395. The van der Waals surface area contributed by atoms with Gasteiger partial charge in [0.1, 0.15) is 5.75 Å². The second-order valence-electron chi connectivity index (χ2n) is 8.41. The Morgan fingerprint density at radius 2 is 1.92 bits per heavy atom. The van der Waals surface area contributed by atoms with E-state index in [1.54, 1.807) is 0 Å². The lowest BCUT2D eigenvalue weighted by molar-refractivity contribution is 0.129. The van der Waals surface area contributed by atoms with Crippen LogP contribution in [-0.4, -0.2) is 48.3 Å². The van der Waals surface area contributed by atoms with Crippen LogP contribution >= 0.6 is 0 Å². The molecule has 1 aromatic carbocycles. The number of likely N-dealkylation sites (N-methyl/N-ethyl adjacent to an activating group) is 1. The number of nitrogens with one attached hydrogen (secondary N) is 2. The molecular weight excluding hydrogens is 328 g/mol. The Morgan fingerprint density at radius 3 is 2.65 bits per heavy atom. The molecule has 2 saturated heterocycles. The quantitative estimate of drug-likeness (QED) is 0.850. The van der Waals surface area contributed by atoms with Gasteiger partial charge in [0, 0.05) is 30.7 Å². The number of carbonyl (C=O) groups is 1. The van der Waals surface area contributed by atoms with Gasteiger partial charge in [-0.2, -0.15) is 0 Å². The minimum absolute atomic E-state index is 0.00452. The summed E-state index contributed by atoms with van der Waals surface area (Å²) in [6, 6.07) is 4.00. The first-order valence-electron chi connectivity index (χ1n) is 9.71. The number of hydrogen-bond donors (Lipinski definition) is 2. The van der Waals surface area contributed by atoms with Crippen molar-refractivity contribution >= 4 is 11.8 Å². The van der Waals surface area contributed by atoms with Crippen molar-refractivity contribution in [2.45, 2.75) is 57.5 Å². The normalized spacial score (nSPS) is 31.2. The number of likely N-dealkylation sites (tertiary alicyclic amines) is 1. The maximum absolute atomic E-state index is 12.3. The number of nitrogens with zero attached hydrogens (tertiary/aromatic N) is 2. The van der Waals surface area contributed by atoms with E-state index in [0.717, 1.165) is 44.5 Å². The van der Waals surface area contributed by atoms with Gasteiger partial charge in [-0.1, -0.05) is 13.3 Å². The van der Waals surface area contributed by atoms with Crippen molar-refractivity contribution < 1.29 is 9.53 Å². The molecule has 0 aromatic heterocycles. The number of hydrogen-bond acceptors (Lipinski definition) is 5. The van der Waals surface area contributed by atoms with Crippen LogP contribution in [0, 0.1) is 6.92 Å². The van der Waals surface area contributed by atoms with Crippen molar-refractivity contribution in [2.75, 3.05) is 32.0 Å². The Bertz CT molecular complexity index is 731. The molecule has 0 aliphatic carbocycles. The monoisotopic (exact) mass is 358 g/mol. The zero-order chi connectivity index (χ0) is 18.5. The maximum atomic E-state index is 12.3. The van der Waals surface area contributed by atoms with E-state index in [1.165, 1.54) is 17.7 Å². The first-order chi connectivity index (χ1) is 12.3. The molecule has 0 bridgehead atoms. The molecule has 0 spiro atoms. The Hall–Kier alpha value is -1.79.